The van der Waals surface area contributed by atoms with Crippen molar-refractivity contribution in [3.63, 3.8) is 0 Å². The molecule has 2 aliphatic heterocycles. The van der Waals surface area contributed by atoms with E-state index in [-0.39, 0.29) is 5.91 Å². The van der Waals surface area contributed by atoms with Gasteiger partial charge in [0.1, 0.15) is 0 Å². The molecule has 160 valence electrons. The molecule has 0 radical (unpaired) electrons. The predicted molar refractivity (Wildman–Crippen MR) is 127 cm³/mol. The second-order valence-corrected chi connectivity index (χ2v) is 8.46. The van der Waals surface area contributed by atoms with Crippen LogP contribution in [0.1, 0.15) is 11.3 Å². The van der Waals surface area contributed by atoms with Gasteiger partial charge in [0, 0.05) is 60.8 Å². The van der Waals surface area contributed by atoms with Gasteiger partial charge in [-0.1, -0.05) is 36.4 Å². The molecule has 1 fully saturated rings. The quantitative estimate of drug-likeness (QED) is 0.529. The molecule has 0 bridgehead atoms. The number of H-pyrrole nitrogens is 1. The van der Waals surface area contributed by atoms with E-state index in [2.05, 4.69) is 39.3 Å². The SMILES string of the molecule is CN1CCN(c2nc(C3=C(c4c[nH]c5ccccc45)CNC3=O)c3ccccc3n2)CC1. The molecule has 32 heavy (non-hydrogen) atoms. The summed E-state index contributed by atoms with van der Waals surface area (Å²) in [5, 5.41) is 5.04. The van der Waals surface area contributed by atoms with E-state index in [1.807, 2.05) is 42.6 Å². The first-order valence-electron chi connectivity index (χ1n) is 11.0. The van der Waals surface area contributed by atoms with Crippen molar-refractivity contribution in [3.05, 3.63) is 66.0 Å². The molecule has 0 spiro atoms. The van der Waals surface area contributed by atoms with Crippen LogP contribution in [0.5, 0.6) is 0 Å². The van der Waals surface area contributed by atoms with Crippen molar-refractivity contribution in [2.24, 2.45) is 0 Å². The summed E-state index contributed by atoms with van der Waals surface area (Å²) in [5.41, 5.74) is 5.28. The van der Waals surface area contributed by atoms with E-state index in [1.165, 1.54) is 0 Å². The number of hydrogen-bond donors (Lipinski definition) is 2. The zero-order valence-electron chi connectivity index (χ0n) is 17.9. The van der Waals surface area contributed by atoms with Crippen LogP contribution in [0, 0.1) is 0 Å². The fourth-order valence-electron chi connectivity index (χ4n) is 4.69. The first kappa shape index (κ1) is 19.0. The van der Waals surface area contributed by atoms with Gasteiger partial charge < -0.3 is 20.1 Å². The molecule has 4 aromatic rings. The Morgan fingerprint density at radius 3 is 2.50 bits per heavy atom. The summed E-state index contributed by atoms with van der Waals surface area (Å²) >= 11 is 0. The van der Waals surface area contributed by atoms with E-state index in [9.17, 15) is 4.79 Å². The maximum absolute atomic E-state index is 13.1. The lowest BCUT2D eigenvalue weighted by atomic mass is 9.97. The molecule has 2 aromatic carbocycles. The first-order chi connectivity index (χ1) is 15.7. The maximum Gasteiger partial charge on any atom is 0.254 e. The molecule has 7 heteroatoms. The molecule has 2 aromatic heterocycles. The van der Waals surface area contributed by atoms with Gasteiger partial charge in [0.05, 0.1) is 16.8 Å². The highest BCUT2D eigenvalue weighted by atomic mass is 16.1. The summed E-state index contributed by atoms with van der Waals surface area (Å²) in [5.74, 6) is 0.607. The van der Waals surface area contributed by atoms with Crippen molar-refractivity contribution in [1.82, 2.24) is 25.2 Å². The molecule has 4 heterocycles. The van der Waals surface area contributed by atoms with Gasteiger partial charge in [-0.15, -0.1) is 0 Å². The number of nitrogens with one attached hydrogen (secondary N) is 2. The Kier molecular flexibility index (Phi) is 4.43. The van der Waals surface area contributed by atoms with Crippen molar-refractivity contribution < 1.29 is 4.79 Å². The lowest BCUT2D eigenvalue weighted by Crippen LogP contribution is -2.45. The molecule has 2 N–H and O–H groups in total. The molecule has 0 saturated carbocycles. The monoisotopic (exact) mass is 424 g/mol. The highest BCUT2D eigenvalue weighted by Gasteiger charge is 2.30. The number of carbonyl (C=O) groups excluding carboxylic acids is 1. The topological polar surface area (TPSA) is 77.1 Å². The fraction of sp³-hybridized carbons (Fsp3) is 0.240. The highest BCUT2D eigenvalue weighted by molar-refractivity contribution is 6.32. The lowest BCUT2D eigenvalue weighted by molar-refractivity contribution is -0.114. The molecule has 0 atom stereocenters. The number of para-hydroxylation sites is 2. The smallest absolute Gasteiger partial charge is 0.254 e. The summed E-state index contributed by atoms with van der Waals surface area (Å²) in [7, 11) is 2.13. The summed E-state index contributed by atoms with van der Waals surface area (Å²) < 4.78 is 0. The Labute approximate surface area is 185 Å². The van der Waals surface area contributed by atoms with Crippen LogP contribution in [0.15, 0.2) is 54.7 Å². The van der Waals surface area contributed by atoms with Crippen LogP contribution in [0.25, 0.3) is 33.0 Å². The third-order valence-corrected chi connectivity index (χ3v) is 6.48. The van der Waals surface area contributed by atoms with Crippen molar-refractivity contribution >= 4 is 44.8 Å². The lowest BCUT2D eigenvalue weighted by Gasteiger charge is -2.32. The van der Waals surface area contributed by atoms with E-state index in [0.29, 0.717) is 23.8 Å². The number of aromatic nitrogens is 3. The zero-order chi connectivity index (χ0) is 21.7. The number of rotatable bonds is 3. The van der Waals surface area contributed by atoms with E-state index in [0.717, 1.165) is 59.1 Å². The number of amides is 1. The first-order valence-corrected chi connectivity index (χ1v) is 11.0. The minimum Gasteiger partial charge on any atom is -0.361 e. The van der Waals surface area contributed by atoms with Gasteiger partial charge in [0.2, 0.25) is 5.95 Å². The Morgan fingerprint density at radius 2 is 1.66 bits per heavy atom. The Hall–Kier alpha value is -3.71. The number of benzene rings is 2. The summed E-state index contributed by atoms with van der Waals surface area (Å²) in [6, 6.07) is 16.1. The van der Waals surface area contributed by atoms with Gasteiger partial charge >= 0.3 is 0 Å². The molecule has 0 aliphatic carbocycles. The number of likely N-dealkylation sites (N-methyl/N-ethyl adjacent to an activating group) is 1. The number of piperazine rings is 1. The van der Waals surface area contributed by atoms with Gasteiger partial charge in [-0.2, -0.15) is 0 Å². The number of aromatic amines is 1. The standard InChI is InChI=1S/C25H24N6O/c1-30-10-12-31(13-11-30)25-28-21-9-5-3-7-17(21)23(29-25)22-19(15-27-24(22)32)18-14-26-20-8-4-2-6-16(18)20/h2-9,14,26H,10-13,15H2,1H3,(H,27,32). The number of hydrogen-bond acceptors (Lipinski definition) is 5. The van der Waals surface area contributed by atoms with E-state index < -0.39 is 0 Å². The third-order valence-electron chi connectivity index (χ3n) is 6.48. The number of nitrogens with zero attached hydrogens (tertiary/aromatic N) is 4. The molecular formula is C25H24N6O. The fourth-order valence-corrected chi connectivity index (χ4v) is 4.69. The number of anilines is 1. The van der Waals surface area contributed by atoms with Crippen LogP contribution in [0.2, 0.25) is 0 Å². The molecule has 7 nitrogen and oxygen atoms in total. The van der Waals surface area contributed by atoms with Gasteiger partial charge in [-0.25, -0.2) is 9.97 Å². The minimum absolute atomic E-state index is 0.0848. The molecule has 6 rings (SSSR count). The predicted octanol–water partition coefficient (Wildman–Crippen LogP) is 2.90. The molecule has 2 aliphatic rings. The van der Waals surface area contributed by atoms with E-state index in [4.69, 9.17) is 9.97 Å². The minimum atomic E-state index is -0.0848. The van der Waals surface area contributed by atoms with Crippen molar-refractivity contribution in [2.45, 2.75) is 0 Å². The number of fused-ring (bicyclic) bond motifs is 2. The summed E-state index contributed by atoms with van der Waals surface area (Å²) in [6.07, 6.45) is 1.99. The van der Waals surface area contributed by atoms with Crippen LogP contribution in [-0.4, -0.2) is 65.5 Å². The summed E-state index contributed by atoms with van der Waals surface area (Å²) in [6.45, 7) is 4.16. The second kappa shape index (κ2) is 7.46. The molecule has 0 unspecified atom stereocenters. The van der Waals surface area contributed by atoms with Crippen LogP contribution >= 0.6 is 0 Å². The summed E-state index contributed by atoms with van der Waals surface area (Å²) in [4.78, 5) is 30.8. The Bertz CT molecular complexity index is 1380. The van der Waals surface area contributed by atoms with Crippen LogP contribution in [0.4, 0.5) is 5.95 Å². The zero-order valence-corrected chi connectivity index (χ0v) is 17.9. The van der Waals surface area contributed by atoms with Crippen LogP contribution in [0.3, 0.4) is 0 Å². The Morgan fingerprint density at radius 1 is 0.906 bits per heavy atom. The molecule has 1 amide bonds. The molecule has 1 saturated heterocycles. The average molecular weight is 425 g/mol. The van der Waals surface area contributed by atoms with E-state index in [1.54, 1.807) is 0 Å². The largest absolute Gasteiger partial charge is 0.361 e. The number of carbonyl (C=O) groups is 1. The van der Waals surface area contributed by atoms with Crippen molar-refractivity contribution in [2.75, 3.05) is 44.7 Å². The van der Waals surface area contributed by atoms with Gasteiger partial charge in [-0.05, 0) is 24.8 Å². The van der Waals surface area contributed by atoms with Gasteiger partial charge in [0.25, 0.3) is 5.91 Å². The molecular weight excluding hydrogens is 400 g/mol. The van der Waals surface area contributed by atoms with Crippen LogP contribution < -0.4 is 10.2 Å². The van der Waals surface area contributed by atoms with Crippen LogP contribution in [-0.2, 0) is 4.79 Å². The van der Waals surface area contributed by atoms with Crippen molar-refractivity contribution in [3.8, 4) is 0 Å². The average Bonchev–Trinajstić information content (AvgIpc) is 3.42. The third kappa shape index (κ3) is 3.05. The Balaban J connectivity index is 1.57. The van der Waals surface area contributed by atoms with Gasteiger partial charge in [0.15, 0.2) is 0 Å². The van der Waals surface area contributed by atoms with E-state index >= 15 is 0 Å². The highest BCUT2D eigenvalue weighted by Crippen LogP contribution is 2.36. The second-order valence-electron chi connectivity index (χ2n) is 8.46. The van der Waals surface area contributed by atoms with Crippen molar-refractivity contribution in [1.29, 1.82) is 0 Å². The normalized spacial score (nSPS) is 17.5. The van der Waals surface area contributed by atoms with Gasteiger partial charge in [-0.3, -0.25) is 4.79 Å². The maximum atomic E-state index is 13.1.